The number of rotatable bonds is 5. The second kappa shape index (κ2) is 5.11. The van der Waals surface area contributed by atoms with Crippen LogP contribution in [0.3, 0.4) is 0 Å². The first-order chi connectivity index (χ1) is 5.77. The van der Waals surface area contributed by atoms with E-state index in [1.165, 1.54) is 6.92 Å². The van der Waals surface area contributed by atoms with Gasteiger partial charge in [-0.2, -0.15) is 8.78 Å². The molecule has 78 valence electrons. The van der Waals surface area contributed by atoms with Crippen LogP contribution in [-0.2, 0) is 0 Å². The molecule has 0 amide bonds. The van der Waals surface area contributed by atoms with Gasteiger partial charge in [0.05, 0.1) is 0 Å². The molecule has 0 saturated carbocycles. The maximum Gasteiger partial charge on any atom is 0.315 e. The third-order valence-electron chi connectivity index (χ3n) is 1.31. The number of halogens is 5. The van der Waals surface area contributed by atoms with Crippen molar-refractivity contribution in [3.8, 4) is 0 Å². The molecule has 0 aromatic carbocycles. The van der Waals surface area contributed by atoms with Crippen LogP contribution in [0.25, 0.3) is 0 Å². The smallest absolute Gasteiger partial charge is 0.290 e. The fraction of sp³-hybridized carbons (Fsp3) is 0.857. The van der Waals surface area contributed by atoms with Crippen molar-refractivity contribution in [2.24, 2.45) is 4.99 Å². The summed E-state index contributed by atoms with van der Waals surface area (Å²) in [5, 5.41) is 0. The average molecular weight is 311 g/mol. The van der Waals surface area contributed by atoms with Crippen LogP contribution >= 0.6 is 22.6 Å². The van der Waals surface area contributed by atoms with Gasteiger partial charge in [0.2, 0.25) is 0 Å². The SMILES string of the molecule is CCC(F)(F)C/C=N\CC(F)(F)I. The van der Waals surface area contributed by atoms with Crippen LogP contribution in [0.1, 0.15) is 19.8 Å². The predicted molar refractivity (Wildman–Crippen MR) is 52.2 cm³/mol. The molecule has 0 bridgehead atoms. The molecule has 0 aliphatic rings. The molecule has 0 aromatic rings. The summed E-state index contributed by atoms with van der Waals surface area (Å²) in [7, 11) is 0. The van der Waals surface area contributed by atoms with Crippen LogP contribution in [0.15, 0.2) is 4.99 Å². The Morgan fingerprint density at radius 3 is 2.23 bits per heavy atom. The Morgan fingerprint density at radius 1 is 1.31 bits per heavy atom. The van der Waals surface area contributed by atoms with E-state index in [4.69, 9.17) is 0 Å². The zero-order valence-corrected chi connectivity index (χ0v) is 9.19. The molecule has 0 unspecified atom stereocenters. The first-order valence-electron chi connectivity index (χ1n) is 3.70. The fourth-order valence-corrected chi connectivity index (χ4v) is 0.707. The van der Waals surface area contributed by atoms with Crippen LogP contribution in [-0.4, -0.2) is 22.6 Å². The van der Waals surface area contributed by atoms with Gasteiger partial charge < -0.3 is 0 Å². The van der Waals surface area contributed by atoms with Gasteiger partial charge in [0, 0.05) is 41.6 Å². The quantitative estimate of drug-likeness (QED) is 0.319. The Balaban J connectivity index is 3.77. The van der Waals surface area contributed by atoms with Gasteiger partial charge in [-0.25, -0.2) is 8.78 Å². The van der Waals surface area contributed by atoms with Crippen molar-refractivity contribution in [2.45, 2.75) is 29.6 Å². The van der Waals surface area contributed by atoms with Gasteiger partial charge in [-0.3, -0.25) is 4.99 Å². The molecular weight excluding hydrogens is 301 g/mol. The number of hydrogen-bond acceptors (Lipinski definition) is 1. The Hall–Kier alpha value is 0.120. The number of hydrogen-bond donors (Lipinski definition) is 0. The summed E-state index contributed by atoms with van der Waals surface area (Å²) in [5.41, 5.74) is 0. The minimum absolute atomic E-state index is 0.306. The van der Waals surface area contributed by atoms with Crippen molar-refractivity contribution in [1.29, 1.82) is 0 Å². The van der Waals surface area contributed by atoms with Gasteiger partial charge >= 0.3 is 3.93 Å². The first kappa shape index (κ1) is 13.1. The lowest BCUT2D eigenvalue weighted by Gasteiger charge is -2.10. The monoisotopic (exact) mass is 311 g/mol. The summed E-state index contributed by atoms with van der Waals surface area (Å²) >= 11 is 0.912. The molecule has 1 nitrogen and oxygen atoms in total. The molecule has 0 rings (SSSR count). The Kier molecular flexibility index (Phi) is 5.16. The van der Waals surface area contributed by atoms with Gasteiger partial charge in [-0.1, -0.05) is 6.92 Å². The van der Waals surface area contributed by atoms with E-state index in [9.17, 15) is 17.6 Å². The molecule has 0 aliphatic heterocycles. The highest BCUT2D eigenvalue weighted by atomic mass is 127. The Morgan fingerprint density at radius 2 is 1.85 bits per heavy atom. The maximum absolute atomic E-state index is 12.5. The van der Waals surface area contributed by atoms with Crippen LogP contribution in [0.2, 0.25) is 0 Å². The van der Waals surface area contributed by atoms with E-state index >= 15 is 0 Å². The van der Waals surface area contributed by atoms with E-state index in [0.717, 1.165) is 28.8 Å². The van der Waals surface area contributed by atoms with Crippen LogP contribution in [0.5, 0.6) is 0 Å². The molecule has 0 atom stereocenters. The average Bonchev–Trinajstić information content (AvgIpc) is 1.97. The summed E-state index contributed by atoms with van der Waals surface area (Å²) in [5.74, 6) is -2.83. The van der Waals surface area contributed by atoms with E-state index in [0.29, 0.717) is 0 Å². The highest BCUT2D eigenvalue weighted by molar-refractivity contribution is 14.1. The van der Waals surface area contributed by atoms with Gasteiger partial charge in [0.1, 0.15) is 6.54 Å². The molecule has 0 radical (unpaired) electrons. The topological polar surface area (TPSA) is 12.4 Å². The molecule has 0 spiro atoms. The van der Waals surface area contributed by atoms with Crippen molar-refractivity contribution in [2.75, 3.05) is 6.54 Å². The van der Waals surface area contributed by atoms with Gasteiger partial charge in [-0.05, 0) is 0 Å². The maximum atomic E-state index is 12.5. The fourth-order valence-electron chi connectivity index (χ4n) is 0.511. The summed E-state index contributed by atoms with van der Waals surface area (Å²) in [6.45, 7) is 0.591. The molecule has 0 saturated heterocycles. The molecule has 13 heavy (non-hydrogen) atoms. The Bertz CT molecular complexity index is 176. The van der Waals surface area contributed by atoms with Gasteiger partial charge in [-0.15, -0.1) is 0 Å². The minimum Gasteiger partial charge on any atom is -0.290 e. The summed E-state index contributed by atoms with van der Waals surface area (Å²) in [6.07, 6.45) is -0.0219. The van der Waals surface area contributed by atoms with Crippen molar-refractivity contribution >= 4 is 28.8 Å². The van der Waals surface area contributed by atoms with E-state index in [2.05, 4.69) is 4.99 Å². The zero-order valence-electron chi connectivity index (χ0n) is 7.04. The molecule has 0 heterocycles. The van der Waals surface area contributed by atoms with Gasteiger partial charge in [0.15, 0.2) is 0 Å². The largest absolute Gasteiger partial charge is 0.315 e. The second-order valence-electron chi connectivity index (χ2n) is 2.55. The standard InChI is InChI=1S/C7H10F4IN/c1-2-6(8,9)3-4-13-5-7(10,11)12/h4H,2-3,5H2,1H3/b13-4-. The first-order valence-corrected chi connectivity index (χ1v) is 4.77. The van der Waals surface area contributed by atoms with E-state index in [1.807, 2.05) is 0 Å². The molecule has 0 fully saturated rings. The van der Waals surface area contributed by atoms with Crippen molar-refractivity contribution < 1.29 is 17.6 Å². The van der Waals surface area contributed by atoms with Crippen LogP contribution in [0.4, 0.5) is 17.6 Å². The summed E-state index contributed by atoms with van der Waals surface area (Å²) in [4.78, 5) is 3.21. The highest BCUT2D eigenvalue weighted by Gasteiger charge is 2.25. The molecule has 0 N–H and O–H groups in total. The third-order valence-corrected chi connectivity index (χ3v) is 1.65. The lowest BCUT2D eigenvalue weighted by Crippen LogP contribution is -2.15. The third kappa shape index (κ3) is 8.45. The molecule has 0 aliphatic carbocycles. The molecule has 6 heteroatoms. The number of aliphatic imine (C=N–C) groups is 1. The molecular formula is C7H10F4IN. The van der Waals surface area contributed by atoms with Crippen molar-refractivity contribution in [3.05, 3.63) is 0 Å². The normalized spacial score (nSPS) is 14.0. The van der Waals surface area contributed by atoms with Crippen molar-refractivity contribution in [1.82, 2.24) is 0 Å². The summed E-state index contributed by atoms with van der Waals surface area (Å²) < 4.78 is 46.3. The minimum atomic E-state index is -2.95. The highest BCUT2D eigenvalue weighted by Crippen LogP contribution is 2.23. The molecule has 0 aromatic heterocycles. The summed E-state index contributed by atoms with van der Waals surface area (Å²) in [6, 6.07) is 0. The Labute approximate surface area is 87.7 Å². The lowest BCUT2D eigenvalue weighted by molar-refractivity contribution is 0.00606. The van der Waals surface area contributed by atoms with Gasteiger partial charge in [0.25, 0.3) is 5.92 Å². The van der Waals surface area contributed by atoms with E-state index in [1.54, 1.807) is 0 Å². The predicted octanol–water partition coefficient (Wildman–Crippen LogP) is 3.52. The van der Waals surface area contributed by atoms with Crippen molar-refractivity contribution in [3.63, 3.8) is 0 Å². The second-order valence-corrected chi connectivity index (χ2v) is 4.13. The van der Waals surface area contributed by atoms with E-state index in [-0.39, 0.29) is 6.42 Å². The van der Waals surface area contributed by atoms with Crippen LogP contribution < -0.4 is 0 Å². The number of nitrogens with zero attached hydrogens (tertiary/aromatic N) is 1. The van der Waals surface area contributed by atoms with Crippen LogP contribution in [0, 0.1) is 0 Å². The lowest BCUT2D eigenvalue weighted by atomic mass is 10.2. The van der Waals surface area contributed by atoms with E-state index < -0.39 is 22.8 Å². The number of alkyl halides is 5. The zero-order chi connectivity index (χ0) is 10.5.